The van der Waals surface area contributed by atoms with Gasteiger partial charge in [-0.1, -0.05) is 0 Å². The third kappa shape index (κ3) is 1.79. The van der Waals surface area contributed by atoms with E-state index in [4.69, 9.17) is 10.8 Å². The maximum atomic E-state index is 12.9. The molecular weight excluding hydrogens is 217 g/mol. The summed E-state index contributed by atoms with van der Waals surface area (Å²) in [4.78, 5) is 10.8. The lowest BCUT2D eigenvalue weighted by molar-refractivity contribution is 0.0819. The van der Waals surface area contributed by atoms with E-state index in [0.717, 1.165) is 0 Å². The summed E-state index contributed by atoms with van der Waals surface area (Å²) >= 11 is 0. The molecule has 0 aliphatic carbocycles. The number of hydrogen-bond acceptors (Lipinski definition) is 6. The molecule has 2 rings (SSSR count). The molecule has 2 heterocycles. The van der Waals surface area contributed by atoms with Crippen molar-refractivity contribution in [1.29, 1.82) is 0 Å². The first-order valence-corrected chi connectivity index (χ1v) is 4.54. The molecule has 4 N–H and O–H groups in total. The van der Waals surface area contributed by atoms with Crippen LogP contribution >= 0.6 is 0 Å². The zero-order valence-electron chi connectivity index (χ0n) is 8.21. The van der Waals surface area contributed by atoms with Crippen LogP contribution in [0.25, 0.3) is 11.2 Å². The van der Waals surface area contributed by atoms with Gasteiger partial charge in [-0.05, 0) is 0 Å². The maximum absolute atomic E-state index is 12.9. The van der Waals surface area contributed by atoms with Gasteiger partial charge in [-0.15, -0.1) is 0 Å². The van der Waals surface area contributed by atoms with Crippen molar-refractivity contribution in [3.63, 3.8) is 0 Å². The summed E-state index contributed by atoms with van der Waals surface area (Å²) in [5, 5.41) is 18.0. The molecule has 0 radical (unpaired) electrons. The number of nitrogens with two attached hydrogens (primary N) is 1. The number of anilines is 1. The molecule has 0 unspecified atom stereocenters. The summed E-state index contributed by atoms with van der Waals surface area (Å²) in [5.41, 5.74) is 5.92. The van der Waals surface area contributed by atoms with Crippen LogP contribution in [0.2, 0.25) is 0 Å². The molecule has 2 aromatic rings. The van der Waals surface area contributed by atoms with Crippen LogP contribution in [-0.4, -0.2) is 42.4 Å². The number of aliphatic hydroxyl groups is 2. The van der Waals surface area contributed by atoms with Gasteiger partial charge in [0, 0.05) is 0 Å². The maximum Gasteiger partial charge on any atom is 0.312 e. The van der Waals surface area contributed by atoms with Crippen LogP contribution in [0.3, 0.4) is 0 Å². The third-order valence-electron chi connectivity index (χ3n) is 2.08. The molecule has 0 aliphatic rings. The number of hydrogen-bond donors (Lipinski definition) is 3. The molecule has 2 aromatic heterocycles. The average Bonchev–Trinajstić information content (AvgIpc) is 2.61. The molecular formula is C8H10FN5O2. The average molecular weight is 227 g/mol. The second-order valence-electron chi connectivity index (χ2n) is 3.28. The molecule has 0 saturated carbocycles. The monoisotopic (exact) mass is 227 g/mol. The number of halogens is 1. The molecule has 0 bridgehead atoms. The number of aliphatic hydroxyl groups excluding tert-OH is 2. The fourth-order valence-electron chi connectivity index (χ4n) is 1.36. The van der Waals surface area contributed by atoms with Gasteiger partial charge in [0.15, 0.2) is 11.5 Å². The SMILES string of the molecule is Nc1nc(F)nc2c1ncn2C[C@H](O)CO. The van der Waals surface area contributed by atoms with E-state index in [9.17, 15) is 9.50 Å². The van der Waals surface area contributed by atoms with Crippen molar-refractivity contribution in [1.82, 2.24) is 19.5 Å². The number of rotatable bonds is 3. The van der Waals surface area contributed by atoms with E-state index < -0.39 is 18.8 Å². The number of imidazole rings is 1. The van der Waals surface area contributed by atoms with Gasteiger partial charge in [-0.3, -0.25) is 0 Å². The quantitative estimate of drug-likeness (QED) is 0.574. The highest BCUT2D eigenvalue weighted by Crippen LogP contribution is 2.15. The Morgan fingerprint density at radius 3 is 2.94 bits per heavy atom. The van der Waals surface area contributed by atoms with Crippen LogP contribution in [-0.2, 0) is 6.54 Å². The van der Waals surface area contributed by atoms with Gasteiger partial charge in [-0.25, -0.2) is 4.98 Å². The van der Waals surface area contributed by atoms with Crippen LogP contribution in [0, 0.1) is 6.08 Å². The molecule has 0 saturated heterocycles. The highest BCUT2D eigenvalue weighted by Gasteiger charge is 2.13. The van der Waals surface area contributed by atoms with Crippen LogP contribution in [0.5, 0.6) is 0 Å². The molecule has 8 heteroatoms. The first kappa shape index (κ1) is 10.7. The fraction of sp³-hybridized carbons (Fsp3) is 0.375. The van der Waals surface area contributed by atoms with Gasteiger partial charge < -0.3 is 20.5 Å². The van der Waals surface area contributed by atoms with Crippen molar-refractivity contribution in [2.45, 2.75) is 12.6 Å². The van der Waals surface area contributed by atoms with E-state index in [0.29, 0.717) is 0 Å². The highest BCUT2D eigenvalue weighted by molar-refractivity contribution is 5.81. The molecule has 7 nitrogen and oxygen atoms in total. The van der Waals surface area contributed by atoms with Crippen LogP contribution in [0.1, 0.15) is 0 Å². The van der Waals surface area contributed by atoms with E-state index in [1.54, 1.807) is 0 Å². The van der Waals surface area contributed by atoms with E-state index in [1.165, 1.54) is 10.9 Å². The Kier molecular flexibility index (Phi) is 2.67. The lowest BCUT2D eigenvalue weighted by atomic mass is 10.4. The zero-order chi connectivity index (χ0) is 11.7. The summed E-state index contributed by atoms with van der Waals surface area (Å²) in [6.07, 6.45) is -0.560. The largest absolute Gasteiger partial charge is 0.394 e. The third-order valence-corrected chi connectivity index (χ3v) is 2.08. The lowest BCUT2D eigenvalue weighted by Crippen LogP contribution is -2.19. The Hall–Kier alpha value is -1.80. The number of fused-ring (bicyclic) bond motifs is 1. The molecule has 86 valence electrons. The van der Waals surface area contributed by atoms with Crippen molar-refractivity contribution in [3.05, 3.63) is 12.4 Å². The summed E-state index contributed by atoms with van der Waals surface area (Å²) in [5.74, 6) is -0.0558. The first-order chi connectivity index (χ1) is 7.61. The molecule has 0 spiro atoms. The minimum Gasteiger partial charge on any atom is -0.394 e. The van der Waals surface area contributed by atoms with E-state index in [-0.39, 0.29) is 23.5 Å². The molecule has 0 aromatic carbocycles. The predicted octanol–water partition coefficient (Wildman–Crippen LogP) is -1.10. The topological polar surface area (TPSA) is 110 Å². The number of nitrogen functional groups attached to an aromatic ring is 1. The van der Waals surface area contributed by atoms with E-state index in [1.807, 2.05) is 0 Å². The van der Waals surface area contributed by atoms with Gasteiger partial charge in [0.05, 0.1) is 25.6 Å². The number of aromatic nitrogens is 4. The molecule has 0 amide bonds. The summed E-state index contributed by atoms with van der Waals surface area (Å²) in [7, 11) is 0. The molecule has 0 aliphatic heterocycles. The zero-order valence-corrected chi connectivity index (χ0v) is 8.21. The van der Waals surface area contributed by atoms with Gasteiger partial charge in [0.1, 0.15) is 5.52 Å². The Labute approximate surface area is 89.4 Å². The second-order valence-corrected chi connectivity index (χ2v) is 3.28. The van der Waals surface area contributed by atoms with Gasteiger partial charge in [-0.2, -0.15) is 14.4 Å². The summed E-state index contributed by atoms with van der Waals surface area (Å²) in [6, 6.07) is 0. The van der Waals surface area contributed by atoms with Crippen molar-refractivity contribution in [3.8, 4) is 0 Å². The van der Waals surface area contributed by atoms with Crippen LogP contribution < -0.4 is 5.73 Å². The van der Waals surface area contributed by atoms with Gasteiger partial charge >= 0.3 is 6.08 Å². The van der Waals surface area contributed by atoms with Crippen molar-refractivity contribution in [2.24, 2.45) is 0 Å². The normalized spacial score (nSPS) is 13.2. The Balaban J connectivity index is 2.47. The Morgan fingerprint density at radius 1 is 1.50 bits per heavy atom. The molecule has 16 heavy (non-hydrogen) atoms. The minimum atomic E-state index is -0.961. The van der Waals surface area contributed by atoms with Crippen molar-refractivity contribution >= 4 is 17.0 Å². The minimum absolute atomic E-state index is 0.0558. The Bertz CT molecular complexity index is 514. The van der Waals surface area contributed by atoms with Crippen molar-refractivity contribution in [2.75, 3.05) is 12.3 Å². The summed E-state index contributed by atoms with van der Waals surface area (Å²) in [6.45, 7) is -0.342. The second kappa shape index (κ2) is 3.99. The van der Waals surface area contributed by atoms with Gasteiger partial charge in [0.2, 0.25) is 0 Å². The molecule has 1 atom stereocenters. The Morgan fingerprint density at radius 2 is 2.25 bits per heavy atom. The lowest BCUT2D eigenvalue weighted by Gasteiger charge is -2.08. The summed E-state index contributed by atoms with van der Waals surface area (Å²) < 4.78 is 14.3. The predicted molar refractivity (Wildman–Crippen MR) is 52.8 cm³/mol. The highest BCUT2D eigenvalue weighted by atomic mass is 19.1. The van der Waals surface area contributed by atoms with Crippen LogP contribution in [0.15, 0.2) is 6.33 Å². The van der Waals surface area contributed by atoms with E-state index >= 15 is 0 Å². The standard InChI is InChI=1S/C8H10FN5O2/c9-8-12-6(10)5-7(13-8)14(3-11-5)1-4(16)2-15/h3-4,15-16H,1-2H2,(H2,10,12,13)/t4-/m0/s1. The molecule has 0 fully saturated rings. The number of nitrogens with zero attached hydrogens (tertiary/aromatic N) is 4. The smallest absolute Gasteiger partial charge is 0.312 e. The first-order valence-electron chi connectivity index (χ1n) is 4.54. The van der Waals surface area contributed by atoms with Crippen molar-refractivity contribution < 1.29 is 14.6 Å². The van der Waals surface area contributed by atoms with Gasteiger partial charge in [0.25, 0.3) is 0 Å². The van der Waals surface area contributed by atoms with E-state index in [2.05, 4.69) is 15.0 Å². The fourth-order valence-corrected chi connectivity index (χ4v) is 1.36. The van der Waals surface area contributed by atoms with Crippen LogP contribution in [0.4, 0.5) is 10.2 Å².